The Balaban J connectivity index is 1.47. The average molecular weight is 333 g/mol. The molecule has 0 amide bonds. The number of nitrogens with zero attached hydrogens (tertiary/aromatic N) is 5. The summed E-state index contributed by atoms with van der Waals surface area (Å²) in [5.74, 6) is 2.04. The molecule has 25 heavy (non-hydrogen) atoms. The van der Waals surface area contributed by atoms with Crippen LogP contribution in [0.25, 0.3) is 0 Å². The molecule has 5 heteroatoms. The van der Waals surface area contributed by atoms with Gasteiger partial charge in [-0.25, -0.2) is 15.0 Å². The van der Waals surface area contributed by atoms with Crippen LogP contribution in [0.5, 0.6) is 0 Å². The zero-order valence-electron chi connectivity index (χ0n) is 14.6. The fourth-order valence-electron chi connectivity index (χ4n) is 3.32. The van der Waals surface area contributed by atoms with Gasteiger partial charge in [-0.3, -0.25) is 4.90 Å². The lowest BCUT2D eigenvalue weighted by molar-refractivity contribution is 0.232. The lowest BCUT2D eigenvalue weighted by atomic mass is 10.1. The Morgan fingerprint density at radius 1 is 1.08 bits per heavy atom. The van der Waals surface area contributed by atoms with Gasteiger partial charge in [-0.2, -0.15) is 0 Å². The third-order valence-electron chi connectivity index (χ3n) is 4.75. The summed E-state index contributed by atoms with van der Waals surface area (Å²) in [4.78, 5) is 16.2. The van der Waals surface area contributed by atoms with E-state index in [4.69, 9.17) is 4.98 Å². The van der Waals surface area contributed by atoms with Crippen molar-refractivity contribution in [3.05, 3.63) is 77.4 Å². The SMILES string of the molecule is CCc1ncc2c(n1)CN(Cc1nccn1Cc1ccccc1)CC2. The van der Waals surface area contributed by atoms with E-state index in [0.717, 1.165) is 50.7 Å². The topological polar surface area (TPSA) is 46.8 Å². The third-order valence-corrected chi connectivity index (χ3v) is 4.75. The van der Waals surface area contributed by atoms with E-state index in [0.29, 0.717) is 0 Å². The molecule has 0 N–H and O–H groups in total. The Hall–Kier alpha value is -2.53. The van der Waals surface area contributed by atoms with E-state index in [1.54, 1.807) is 0 Å². The number of aromatic nitrogens is 4. The van der Waals surface area contributed by atoms with Crippen LogP contribution in [0.15, 0.2) is 48.9 Å². The molecule has 1 aromatic carbocycles. The Morgan fingerprint density at radius 3 is 2.80 bits per heavy atom. The lowest BCUT2D eigenvalue weighted by Gasteiger charge is -2.27. The van der Waals surface area contributed by atoms with Gasteiger partial charge in [0.15, 0.2) is 0 Å². The van der Waals surface area contributed by atoms with E-state index < -0.39 is 0 Å². The Kier molecular flexibility index (Phi) is 4.57. The molecule has 0 unspecified atom stereocenters. The fourth-order valence-corrected chi connectivity index (χ4v) is 3.32. The first-order valence-corrected chi connectivity index (χ1v) is 8.92. The van der Waals surface area contributed by atoms with Crippen LogP contribution in [0.4, 0.5) is 0 Å². The van der Waals surface area contributed by atoms with Crippen LogP contribution in [-0.2, 0) is 32.5 Å². The van der Waals surface area contributed by atoms with Crippen LogP contribution in [0.1, 0.15) is 35.4 Å². The first-order valence-electron chi connectivity index (χ1n) is 8.92. The summed E-state index contributed by atoms with van der Waals surface area (Å²) in [6, 6.07) is 10.5. The van der Waals surface area contributed by atoms with Crippen LogP contribution in [0, 0.1) is 0 Å². The summed E-state index contributed by atoms with van der Waals surface area (Å²) >= 11 is 0. The van der Waals surface area contributed by atoms with Crippen molar-refractivity contribution in [3.63, 3.8) is 0 Å². The highest BCUT2D eigenvalue weighted by Crippen LogP contribution is 2.18. The lowest BCUT2D eigenvalue weighted by Crippen LogP contribution is -2.32. The Labute approximate surface area is 148 Å². The number of rotatable bonds is 5. The van der Waals surface area contributed by atoms with Crippen LogP contribution >= 0.6 is 0 Å². The average Bonchev–Trinajstić information content (AvgIpc) is 3.08. The molecule has 0 bridgehead atoms. The van der Waals surface area contributed by atoms with E-state index in [2.05, 4.69) is 62.9 Å². The van der Waals surface area contributed by atoms with Gasteiger partial charge in [0.05, 0.1) is 12.2 Å². The standard InChI is InChI=1S/C20H23N5/c1-2-19-22-12-17-8-10-24(14-18(17)23-19)15-20-21-9-11-25(20)13-16-6-4-3-5-7-16/h3-7,9,11-12H,2,8,10,13-15H2,1H3. The molecule has 3 aromatic rings. The van der Waals surface area contributed by atoms with Crippen molar-refractivity contribution < 1.29 is 0 Å². The van der Waals surface area contributed by atoms with E-state index in [1.807, 2.05) is 12.4 Å². The Morgan fingerprint density at radius 2 is 1.96 bits per heavy atom. The predicted molar refractivity (Wildman–Crippen MR) is 97.0 cm³/mol. The van der Waals surface area contributed by atoms with Gasteiger partial charge in [0, 0.05) is 44.6 Å². The molecule has 5 nitrogen and oxygen atoms in total. The second-order valence-electron chi connectivity index (χ2n) is 6.53. The van der Waals surface area contributed by atoms with Crippen molar-refractivity contribution in [1.82, 2.24) is 24.4 Å². The van der Waals surface area contributed by atoms with Crippen LogP contribution < -0.4 is 0 Å². The summed E-state index contributed by atoms with van der Waals surface area (Å²) in [5, 5.41) is 0. The first-order chi connectivity index (χ1) is 12.3. The van der Waals surface area contributed by atoms with E-state index in [1.165, 1.54) is 16.8 Å². The molecule has 4 rings (SSSR count). The number of hydrogen-bond acceptors (Lipinski definition) is 4. The van der Waals surface area contributed by atoms with Gasteiger partial charge in [0.1, 0.15) is 11.6 Å². The van der Waals surface area contributed by atoms with Crippen molar-refractivity contribution in [2.75, 3.05) is 6.54 Å². The van der Waals surface area contributed by atoms with Gasteiger partial charge in [-0.1, -0.05) is 37.3 Å². The highest BCUT2D eigenvalue weighted by molar-refractivity contribution is 5.21. The van der Waals surface area contributed by atoms with Gasteiger partial charge >= 0.3 is 0 Å². The molecular formula is C20H23N5. The number of imidazole rings is 1. The minimum Gasteiger partial charge on any atom is -0.329 e. The quantitative estimate of drug-likeness (QED) is 0.720. The van der Waals surface area contributed by atoms with Crippen LogP contribution in [-0.4, -0.2) is 31.0 Å². The summed E-state index contributed by atoms with van der Waals surface area (Å²) in [6.07, 6.45) is 7.87. The number of benzene rings is 1. The number of fused-ring (bicyclic) bond motifs is 1. The summed E-state index contributed by atoms with van der Waals surface area (Å²) in [5.41, 5.74) is 3.77. The van der Waals surface area contributed by atoms with Crippen molar-refractivity contribution in [2.24, 2.45) is 0 Å². The van der Waals surface area contributed by atoms with Crippen molar-refractivity contribution in [2.45, 2.75) is 39.4 Å². The third kappa shape index (κ3) is 3.61. The maximum atomic E-state index is 4.72. The number of hydrogen-bond donors (Lipinski definition) is 0. The minimum atomic E-state index is 0.852. The second kappa shape index (κ2) is 7.15. The first kappa shape index (κ1) is 16.0. The van der Waals surface area contributed by atoms with E-state index in [9.17, 15) is 0 Å². The molecule has 0 fully saturated rings. The zero-order valence-corrected chi connectivity index (χ0v) is 14.6. The van der Waals surface area contributed by atoms with E-state index >= 15 is 0 Å². The molecule has 0 spiro atoms. The second-order valence-corrected chi connectivity index (χ2v) is 6.53. The van der Waals surface area contributed by atoms with Gasteiger partial charge in [-0.15, -0.1) is 0 Å². The molecule has 0 atom stereocenters. The normalized spacial score (nSPS) is 14.4. The molecule has 0 aliphatic carbocycles. The molecule has 128 valence electrons. The maximum Gasteiger partial charge on any atom is 0.128 e. The van der Waals surface area contributed by atoms with Crippen molar-refractivity contribution in [1.29, 1.82) is 0 Å². The molecule has 1 aliphatic heterocycles. The Bertz CT molecular complexity index is 840. The van der Waals surface area contributed by atoms with Crippen LogP contribution in [0.2, 0.25) is 0 Å². The molecule has 0 radical (unpaired) electrons. The van der Waals surface area contributed by atoms with Gasteiger partial charge in [-0.05, 0) is 17.5 Å². The monoisotopic (exact) mass is 333 g/mol. The molecule has 3 heterocycles. The summed E-state index contributed by atoms with van der Waals surface area (Å²) in [7, 11) is 0. The molecule has 1 aliphatic rings. The molecular weight excluding hydrogens is 310 g/mol. The van der Waals surface area contributed by atoms with Gasteiger partial charge in [0.2, 0.25) is 0 Å². The van der Waals surface area contributed by atoms with Gasteiger partial charge < -0.3 is 4.57 Å². The summed E-state index contributed by atoms with van der Waals surface area (Å²) in [6.45, 7) is 5.72. The molecule has 0 saturated heterocycles. The predicted octanol–water partition coefficient (Wildman–Crippen LogP) is 2.84. The maximum absolute atomic E-state index is 4.72. The fraction of sp³-hybridized carbons (Fsp3) is 0.350. The summed E-state index contributed by atoms with van der Waals surface area (Å²) < 4.78 is 2.24. The van der Waals surface area contributed by atoms with Crippen molar-refractivity contribution in [3.8, 4) is 0 Å². The minimum absolute atomic E-state index is 0.852. The largest absolute Gasteiger partial charge is 0.329 e. The zero-order chi connectivity index (χ0) is 17.1. The molecule has 0 saturated carbocycles. The highest BCUT2D eigenvalue weighted by atomic mass is 15.2. The van der Waals surface area contributed by atoms with Crippen molar-refractivity contribution >= 4 is 0 Å². The van der Waals surface area contributed by atoms with E-state index in [-0.39, 0.29) is 0 Å². The number of aryl methyl sites for hydroxylation is 1. The molecule has 2 aromatic heterocycles. The van der Waals surface area contributed by atoms with Gasteiger partial charge in [0.25, 0.3) is 0 Å². The smallest absolute Gasteiger partial charge is 0.128 e. The highest BCUT2D eigenvalue weighted by Gasteiger charge is 2.19. The van der Waals surface area contributed by atoms with Crippen LogP contribution in [0.3, 0.4) is 0 Å².